The summed E-state index contributed by atoms with van der Waals surface area (Å²) in [5.41, 5.74) is 11.0. The molecule has 2 atom stereocenters. The molecule has 0 radical (unpaired) electrons. The molecular formula is C24H24N6O. The molecule has 0 amide bonds. The SMILES string of the molecule is Nc1cc(-c2cc3n(c(=O)c2)C[C@H]2C[C@@H]3CN(Cc3cccc4cc[nH]c34)C2)ncn1. The standard InChI is InChI=1S/C24H24N6O/c25-22-9-20(27-14-28-22)18-7-21-19-6-15(11-30(21)23(31)8-18)10-29(13-19)12-17-3-1-2-16-4-5-26-24(16)17/h1-5,7-9,14-15,19,26H,6,10-13H2,(H2,25,27,28)/t15-,19+/m0/s1. The zero-order valence-electron chi connectivity index (χ0n) is 17.2. The van der Waals surface area contributed by atoms with Gasteiger partial charge in [0.1, 0.15) is 12.1 Å². The number of likely N-dealkylation sites (tertiary alicyclic amines) is 1. The molecule has 0 saturated carbocycles. The topological polar surface area (TPSA) is 92.8 Å². The zero-order valence-corrected chi connectivity index (χ0v) is 17.2. The van der Waals surface area contributed by atoms with Gasteiger partial charge in [-0.15, -0.1) is 0 Å². The van der Waals surface area contributed by atoms with Gasteiger partial charge in [-0.1, -0.05) is 18.2 Å². The number of nitrogens with two attached hydrogens (primary N) is 1. The summed E-state index contributed by atoms with van der Waals surface area (Å²) in [6.07, 6.45) is 4.57. The molecule has 3 N–H and O–H groups in total. The lowest BCUT2D eigenvalue weighted by Gasteiger charge is -2.43. The maximum Gasteiger partial charge on any atom is 0.251 e. The molecule has 5 heterocycles. The van der Waals surface area contributed by atoms with E-state index in [0.717, 1.165) is 43.9 Å². The predicted molar refractivity (Wildman–Crippen MR) is 121 cm³/mol. The van der Waals surface area contributed by atoms with Crippen LogP contribution < -0.4 is 11.3 Å². The number of hydrogen-bond donors (Lipinski definition) is 2. The predicted octanol–water partition coefficient (Wildman–Crippen LogP) is 2.99. The Kier molecular flexibility index (Phi) is 4.17. The van der Waals surface area contributed by atoms with E-state index < -0.39 is 0 Å². The van der Waals surface area contributed by atoms with E-state index >= 15 is 0 Å². The van der Waals surface area contributed by atoms with Crippen LogP contribution in [0.1, 0.15) is 23.6 Å². The van der Waals surface area contributed by atoms with Crippen molar-refractivity contribution in [3.63, 3.8) is 0 Å². The van der Waals surface area contributed by atoms with Crippen LogP contribution in [0.3, 0.4) is 0 Å². The first-order valence-corrected chi connectivity index (χ1v) is 10.7. The highest BCUT2D eigenvalue weighted by Crippen LogP contribution is 2.37. The first kappa shape index (κ1) is 18.3. The number of rotatable bonds is 3. The second-order valence-corrected chi connectivity index (χ2v) is 8.80. The number of H-pyrrole nitrogens is 1. The minimum absolute atomic E-state index is 0.0454. The molecule has 1 aromatic carbocycles. The third kappa shape index (κ3) is 3.21. The third-order valence-electron chi connectivity index (χ3n) is 6.68. The number of benzene rings is 1. The highest BCUT2D eigenvalue weighted by molar-refractivity contribution is 5.82. The van der Waals surface area contributed by atoms with Crippen LogP contribution in [0.15, 0.2) is 59.8 Å². The average Bonchev–Trinajstić information content (AvgIpc) is 3.24. The Morgan fingerprint density at radius 3 is 2.94 bits per heavy atom. The molecule has 31 heavy (non-hydrogen) atoms. The lowest BCUT2D eigenvalue weighted by atomic mass is 9.82. The van der Waals surface area contributed by atoms with Crippen molar-refractivity contribution >= 4 is 16.7 Å². The number of fused-ring (bicyclic) bond motifs is 5. The van der Waals surface area contributed by atoms with Gasteiger partial charge in [-0.2, -0.15) is 0 Å². The van der Waals surface area contributed by atoms with Gasteiger partial charge >= 0.3 is 0 Å². The zero-order chi connectivity index (χ0) is 20.9. The first-order chi connectivity index (χ1) is 15.1. The molecule has 156 valence electrons. The van der Waals surface area contributed by atoms with Gasteiger partial charge in [0.2, 0.25) is 0 Å². The highest BCUT2D eigenvalue weighted by atomic mass is 16.1. The summed E-state index contributed by atoms with van der Waals surface area (Å²) in [6, 6.07) is 14.1. The van der Waals surface area contributed by atoms with Crippen LogP contribution in [0, 0.1) is 5.92 Å². The molecule has 7 nitrogen and oxygen atoms in total. The van der Waals surface area contributed by atoms with Crippen molar-refractivity contribution in [2.75, 3.05) is 18.8 Å². The van der Waals surface area contributed by atoms with Crippen molar-refractivity contribution in [1.82, 2.24) is 24.4 Å². The van der Waals surface area contributed by atoms with Crippen LogP contribution >= 0.6 is 0 Å². The Morgan fingerprint density at radius 2 is 2.03 bits per heavy atom. The maximum absolute atomic E-state index is 12.9. The summed E-state index contributed by atoms with van der Waals surface area (Å²) >= 11 is 0. The fourth-order valence-electron chi connectivity index (χ4n) is 5.39. The van der Waals surface area contributed by atoms with Crippen LogP contribution in [0.4, 0.5) is 5.82 Å². The molecule has 1 saturated heterocycles. The molecule has 0 unspecified atom stereocenters. The minimum Gasteiger partial charge on any atom is -0.384 e. The van der Waals surface area contributed by atoms with Gasteiger partial charge in [0.15, 0.2) is 0 Å². The summed E-state index contributed by atoms with van der Waals surface area (Å²) in [4.78, 5) is 27.1. The quantitative estimate of drug-likeness (QED) is 0.540. The Morgan fingerprint density at radius 1 is 1.10 bits per heavy atom. The number of para-hydroxylation sites is 1. The molecule has 0 spiro atoms. The van der Waals surface area contributed by atoms with Gasteiger partial charge < -0.3 is 15.3 Å². The van der Waals surface area contributed by atoms with E-state index in [1.165, 1.54) is 22.8 Å². The molecule has 2 bridgehead atoms. The molecule has 4 aromatic rings. The lowest BCUT2D eigenvalue weighted by Crippen LogP contribution is -2.46. The molecule has 6 rings (SSSR count). The van der Waals surface area contributed by atoms with E-state index in [9.17, 15) is 4.79 Å². The molecule has 7 heteroatoms. The highest BCUT2D eigenvalue weighted by Gasteiger charge is 2.35. The second kappa shape index (κ2) is 7.06. The van der Waals surface area contributed by atoms with Crippen molar-refractivity contribution in [3.8, 4) is 11.3 Å². The van der Waals surface area contributed by atoms with Crippen molar-refractivity contribution in [3.05, 3.63) is 76.6 Å². The monoisotopic (exact) mass is 412 g/mol. The number of piperidine rings is 1. The number of nitrogens with zero attached hydrogens (tertiary/aromatic N) is 4. The maximum atomic E-state index is 12.9. The second-order valence-electron chi connectivity index (χ2n) is 8.80. The van der Waals surface area contributed by atoms with Crippen molar-refractivity contribution < 1.29 is 0 Å². The number of hydrogen-bond acceptors (Lipinski definition) is 5. The number of pyridine rings is 1. The molecule has 3 aromatic heterocycles. The number of aromatic amines is 1. The van der Waals surface area contributed by atoms with Crippen LogP contribution in [0.5, 0.6) is 0 Å². The van der Waals surface area contributed by atoms with Crippen molar-refractivity contribution in [2.24, 2.45) is 5.92 Å². The third-order valence-corrected chi connectivity index (χ3v) is 6.68. The van der Waals surface area contributed by atoms with E-state index in [4.69, 9.17) is 5.73 Å². The van der Waals surface area contributed by atoms with Gasteiger partial charge in [0, 0.05) is 67.2 Å². The van der Waals surface area contributed by atoms with Crippen LogP contribution in [-0.4, -0.2) is 37.5 Å². The van der Waals surface area contributed by atoms with Gasteiger partial charge in [0.25, 0.3) is 5.56 Å². The Hall–Kier alpha value is -3.45. The summed E-state index contributed by atoms with van der Waals surface area (Å²) in [7, 11) is 0. The van der Waals surface area contributed by atoms with E-state index in [0.29, 0.717) is 23.3 Å². The summed E-state index contributed by atoms with van der Waals surface area (Å²) in [5, 5.41) is 1.25. The van der Waals surface area contributed by atoms with Gasteiger partial charge in [-0.05, 0) is 35.4 Å². The number of aromatic nitrogens is 4. The Labute approximate surface area is 179 Å². The fraction of sp³-hybridized carbons (Fsp3) is 0.292. The van der Waals surface area contributed by atoms with Gasteiger partial charge in [-0.3, -0.25) is 9.69 Å². The molecule has 1 fully saturated rings. The lowest BCUT2D eigenvalue weighted by molar-refractivity contribution is 0.115. The molecule has 2 aliphatic rings. The molecular weight excluding hydrogens is 388 g/mol. The summed E-state index contributed by atoms with van der Waals surface area (Å²) < 4.78 is 1.97. The van der Waals surface area contributed by atoms with Crippen molar-refractivity contribution in [1.29, 1.82) is 0 Å². The minimum atomic E-state index is 0.0454. The first-order valence-electron chi connectivity index (χ1n) is 10.7. The van der Waals surface area contributed by atoms with E-state index in [2.05, 4.69) is 50.2 Å². The smallest absolute Gasteiger partial charge is 0.251 e. The molecule has 2 aliphatic heterocycles. The fourth-order valence-corrected chi connectivity index (χ4v) is 5.39. The van der Waals surface area contributed by atoms with Crippen molar-refractivity contribution in [2.45, 2.75) is 25.4 Å². The number of nitrogens with one attached hydrogen (secondary N) is 1. The van der Waals surface area contributed by atoms with Crippen LogP contribution in [0.2, 0.25) is 0 Å². The van der Waals surface area contributed by atoms with E-state index in [1.54, 1.807) is 12.1 Å². The largest absolute Gasteiger partial charge is 0.384 e. The van der Waals surface area contributed by atoms with E-state index in [-0.39, 0.29) is 5.56 Å². The summed E-state index contributed by atoms with van der Waals surface area (Å²) in [6.45, 7) is 3.66. The Balaban J connectivity index is 1.33. The number of anilines is 1. The summed E-state index contributed by atoms with van der Waals surface area (Å²) in [5.74, 6) is 1.24. The van der Waals surface area contributed by atoms with Crippen LogP contribution in [0.25, 0.3) is 22.2 Å². The molecule has 0 aliphatic carbocycles. The van der Waals surface area contributed by atoms with Gasteiger partial charge in [-0.25, -0.2) is 9.97 Å². The Bertz CT molecular complexity index is 1340. The van der Waals surface area contributed by atoms with Gasteiger partial charge in [0.05, 0.1) is 5.69 Å². The van der Waals surface area contributed by atoms with E-state index in [1.807, 2.05) is 10.8 Å². The van der Waals surface area contributed by atoms with Crippen LogP contribution in [-0.2, 0) is 13.1 Å². The number of nitrogen functional groups attached to an aromatic ring is 1. The normalized spacial score (nSPS) is 20.6. The average molecular weight is 412 g/mol.